The van der Waals surface area contributed by atoms with Crippen molar-refractivity contribution in [3.05, 3.63) is 123 Å². The molecule has 5 heterocycles. The molecule has 0 aromatic heterocycles. The molecule has 2 fully saturated rings. The van der Waals surface area contributed by atoms with Crippen LogP contribution in [0.5, 0.6) is 5.75 Å². The lowest BCUT2D eigenvalue weighted by Gasteiger charge is -2.59. The van der Waals surface area contributed by atoms with Crippen molar-refractivity contribution in [2.45, 2.75) is 67.4 Å². The van der Waals surface area contributed by atoms with E-state index in [1.54, 1.807) is 24.3 Å². The van der Waals surface area contributed by atoms with Gasteiger partial charge >= 0.3 is 0 Å². The fourth-order valence-electron chi connectivity index (χ4n) is 9.50. The Bertz CT molecular complexity index is 2130. The number of rotatable bonds is 4. The van der Waals surface area contributed by atoms with Gasteiger partial charge in [0.15, 0.2) is 11.6 Å². The average Bonchev–Trinajstić information content (AvgIpc) is 3.19. The second-order valence-electron chi connectivity index (χ2n) is 15.4. The molecule has 1 saturated heterocycles. The highest BCUT2D eigenvalue weighted by molar-refractivity contribution is 8.77. The number of aliphatic hydroxyl groups is 6. The van der Waals surface area contributed by atoms with E-state index in [9.17, 15) is 35.4 Å². The Hall–Kier alpha value is -3.86. The Balaban J connectivity index is 1.17. The second kappa shape index (κ2) is 13.7. The minimum absolute atomic E-state index is 0.0209. The molecule has 2 aromatic carbocycles. The summed E-state index contributed by atoms with van der Waals surface area (Å²) < 4.78 is 12.5. The first-order valence-corrected chi connectivity index (χ1v) is 20.9. The molecule has 1 saturated carbocycles. The molecule has 3 aliphatic carbocycles. The second-order valence-corrected chi connectivity index (χ2v) is 17.9. The first-order valence-electron chi connectivity index (χ1n) is 18.5. The molecule has 8 N–H and O–H groups in total. The number of benzene rings is 2. The topological polar surface area (TPSA) is 198 Å². The van der Waals surface area contributed by atoms with Crippen molar-refractivity contribution in [3.63, 3.8) is 0 Å². The van der Waals surface area contributed by atoms with Gasteiger partial charge in [-0.2, -0.15) is 0 Å². The zero-order valence-corrected chi connectivity index (χ0v) is 31.3. The maximum absolute atomic E-state index is 15.2. The van der Waals surface area contributed by atoms with Gasteiger partial charge in [0.25, 0.3) is 0 Å². The van der Waals surface area contributed by atoms with Crippen LogP contribution >= 0.6 is 21.6 Å². The number of nitrogens with one attached hydrogen (secondary N) is 2. The van der Waals surface area contributed by atoms with E-state index in [1.165, 1.54) is 33.7 Å². The predicted molar refractivity (Wildman–Crippen MR) is 205 cm³/mol. The van der Waals surface area contributed by atoms with E-state index in [0.29, 0.717) is 31.4 Å². The van der Waals surface area contributed by atoms with Gasteiger partial charge in [-0.3, -0.25) is 9.59 Å². The third-order valence-corrected chi connectivity index (χ3v) is 15.0. The van der Waals surface area contributed by atoms with Gasteiger partial charge in [-0.1, -0.05) is 82.3 Å². The molecule has 1 spiro atoms. The Morgan fingerprint density at radius 3 is 2.69 bits per heavy atom. The number of ketones is 2. The molecular weight excluding hydrogens is 745 g/mol. The number of hydrogen-bond donors (Lipinski definition) is 8. The minimum atomic E-state index is -2.19. The van der Waals surface area contributed by atoms with Crippen molar-refractivity contribution in [3.8, 4) is 5.75 Å². The van der Waals surface area contributed by atoms with Crippen LogP contribution in [0.15, 0.2) is 101 Å². The van der Waals surface area contributed by atoms with Crippen LogP contribution < -0.4 is 15.4 Å². The van der Waals surface area contributed by atoms with E-state index in [-0.39, 0.29) is 46.8 Å². The van der Waals surface area contributed by atoms with Crippen molar-refractivity contribution in [2.24, 2.45) is 17.3 Å². The number of carbonyl (C=O) groups is 2. The maximum Gasteiger partial charge on any atom is 0.229 e. The normalized spacial score (nSPS) is 36.3. The van der Waals surface area contributed by atoms with Gasteiger partial charge in [-0.25, -0.2) is 0 Å². The van der Waals surface area contributed by atoms with Gasteiger partial charge in [-0.05, 0) is 66.0 Å². The zero-order valence-electron chi connectivity index (χ0n) is 29.7. The summed E-state index contributed by atoms with van der Waals surface area (Å²) in [5.74, 6) is -2.26. The fourth-order valence-corrected chi connectivity index (χ4v) is 12.2. The summed E-state index contributed by atoms with van der Waals surface area (Å²) in [4.78, 5) is 29.9. The van der Waals surface area contributed by atoms with E-state index in [4.69, 9.17) is 9.47 Å². The average molecular weight is 787 g/mol. The summed E-state index contributed by atoms with van der Waals surface area (Å²) in [6.07, 6.45) is 5.27. The molecule has 9 bridgehead atoms. The first-order chi connectivity index (χ1) is 26.5. The van der Waals surface area contributed by atoms with Gasteiger partial charge < -0.3 is 50.7 Å². The molecule has 12 nitrogen and oxygen atoms in total. The number of carbonyl (C=O) groups excluding carboxylic acids is 2. The summed E-state index contributed by atoms with van der Waals surface area (Å²) in [6.45, 7) is -0.304. The molecular formula is C41H42N2O10S2. The number of ether oxygens (including phenoxy) is 2. The zero-order chi connectivity index (χ0) is 38.3. The SMILES string of the molecule is O=C1c2cccc3c2C(=O)[C@]2(CSS[C@@H]4C=CC5=C(NCC=C5C[C@H]5CC[C@]6(CO)O[C@@H](O3)[C@H](O)[C@@]5(O)[C@@H]6O)N4)C(O)=CC(Cc3cccc(CO)c3)=C[C@H]12. The van der Waals surface area contributed by atoms with E-state index in [0.717, 1.165) is 28.1 Å². The molecule has 9 atom stereocenters. The van der Waals surface area contributed by atoms with Gasteiger partial charge in [-0.15, -0.1) is 0 Å². The van der Waals surface area contributed by atoms with Crippen LogP contribution in [0.1, 0.15) is 51.1 Å². The molecule has 10 rings (SSSR count). The standard InChI is InChI=1S/C41H42N2O10S2/c44-18-22-4-1-3-21(13-22)14-23-15-28-33(47)27-5-2-6-29-32(27)34(48)40(28,30(46)16-23)20-54-55-31-8-7-26-24(10-12-42-36(26)43-31)17-25-9-11-39(19-45)38(50)41(25,51)35(49)37(52-29)53-39/h1-8,10,13,15-16,25,28,31,35,37-38,42-46,49-51H,9,11-12,14,17-20H2/t25-,28-,31-,35+,37-,38-,39-,40+,41-/m1/s1. The first kappa shape index (κ1) is 36.8. The van der Waals surface area contributed by atoms with Crippen LogP contribution in [0.4, 0.5) is 0 Å². The van der Waals surface area contributed by atoms with E-state index < -0.39 is 65.1 Å². The highest BCUT2D eigenvalue weighted by Crippen LogP contribution is 2.55. The lowest BCUT2D eigenvalue weighted by atomic mass is 9.60. The van der Waals surface area contributed by atoms with Crippen molar-refractivity contribution >= 4 is 33.2 Å². The van der Waals surface area contributed by atoms with Gasteiger partial charge in [0.1, 0.15) is 51.5 Å². The van der Waals surface area contributed by atoms with Crippen molar-refractivity contribution in [2.75, 3.05) is 18.9 Å². The van der Waals surface area contributed by atoms with Gasteiger partial charge in [0, 0.05) is 23.4 Å². The van der Waals surface area contributed by atoms with Crippen LogP contribution in [0, 0.1) is 17.3 Å². The quantitative estimate of drug-likeness (QED) is 0.211. The summed E-state index contributed by atoms with van der Waals surface area (Å²) in [6, 6.07) is 11.9. The van der Waals surface area contributed by atoms with E-state index in [1.807, 2.05) is 36.4 Å². The summed E-state index contributed by atoms with van der Waals surface area (Å²) in [5.41, 5.74) is -1.58. The van der Waals surface area contributed by atoms with Crippen LogP contribution in [0.3, 0.4) is 0 Å². The van der Waals surface area contributed by atoms with Gasteiger partial charge in [0.2, 0.25) is 6.29 Å². The van der Waals surface area contributed by atoms with Crippen molar-refractivity contribution in [1.29, 1.82) is 0 Å². The summed E-state index contributed by atoms with van der Waals surface area (Å²) in [5, 5.41) is 75.1. The molecule has 14 heteroatoms. The molecule has 288 valence electrons. The van der Waals surface area contributed by atoms with E-state index in [2.05, 4.69) is 10.6 Å². The molecule has 8 aliphatic rings. The van der Waals surface area contributed by atoms with E-state index >= 15 is 4.79 Å². The smallest absolute Gasteiger partial charge is 0.229 e. The maximum atomic E-state index is 15.2. The highest BCUT2D eigenvalue weighted by atomic mass is 33.1. The molecule has 2 aromatic rings. The number of allylic oxidation sites excluding steroid dienone is 7. The number of fused-ring (bicyclic) bond motifs is 3. The Kier molecular flexibility index (Phi) is 9.13. The Morgan fingerprint density at radius 2 is 1.87 bits per heavy atom. The van der Waals surface area contributed by atoms with Crippen LogP contribution in [-0.4, -0.2) is 96.2 Å². The molecule has 0 unspecified atom stereocenters. The largest absolute Gasteiger partial charge is 0.511 e. The highest BCUT2D eigenvalue weighted by Gasteiger charge is 2.68. The van der Waals surface area contributed by atoms with Crippen LogP contribution in [0.2, 0.25) is 0 Å². The van der Waals surface area contributed by atoms with Crippen LogP contribution in [0.25, 0.3) is 0 Å². The third kappa shape index (κ3) is 5.59. The number of Topliss-reactive ketones (excluding diaryl/α,β-unsaturated/α-hetero) is 2. The molecule has 0 radical (unpaired) electrons. The van der Waals surface area contributed by atoms with Gasteiger partial charge in [0.05, 0.1) is 24.7 Å². The van der Waals surface area contributed by atoms with Crippen LogP contribution in [-0.2, 0) is 17.8 Å². The fraction of sp³-hybridized carbons (Fsp3) is 0.415. The van der Waals surface area contributed by atoms with Crippen molar-refractivity contribution in [1.82, 2.24) is 10.6 Å². The Morgan fingerprint density at radius 1 is 1.05 bits per heavy atom. The Labute approximate surface area is 325 Å². The predicted octanol–water partition coefficient (Wildman–Crippen LogP) is 3.13. The lowest BCUT2D eigenvalue weighted by molar-refractivity contribution is -0.376. The minimum Gasteiger partial charge on any atom is -0.511 e. The lowest BCUT2D eigenvalue weighted by Crippen LogP contribution is -2.77. The van der Waals surface area contributed by atoms with Crippen molar-refractivity contribution < 1.29 is 49.7 Å². The molecule has 55 heavy (non-hydrogen) atoms. The number of aliphatic hydroxyl groups excluding tert-OH is 5. The number of hydrogen-bond acceptors (Lipinski definition) is 14. The monoisotopic (exact) mass is 786 g/mol. The molecule has 0 amide bonds. The molecule has 5 aliphatic heterocycles. The summed E-state index contributed by atoms with van der Waals surface area (Å²) in [7, 11) is 2.81. The summed E-state index contributed by atoms with van der Waals surface area (Å²) >= 11 is 0. The third-order valence-electron chi connectivity index (χ3n) is 12.5. The number of dihydropyridines is 2.